The van der Waals surface area contributed by atoms with Gasteiger partial charge in [0.2, 0.25) is 5.91 Å². The van der Waals surface area contributed by atoms with Crippen LogP contribution in [0.15, 0.2) is 18.2 Å². The van der Waals surface area contributed by atoms with E-state index >= 15 is 0 Å². The summed E-state index contributed by atoms with van der Waals surface area (Å²) in [6.45, 7) is 3.70. The molecule has 1 N–H and O–H groups in total. The third kappa shape index (κ3) is 4.63. The zero-order valence-electron chi connectivity index (χ0n) is 15.0. The first-order chi connectivity index (χ1) is 12.0. The Bertz CT molecular complexity index is 619. The van der Waals surface area contributed by atoms with Gasteiger partial charge in [-0.05, 0) is 44.0 Å². The number of rotatable bonds is 8. The van der Waals surface area contributed by atoms with E-state index in [1.165, 1.54) is 0 Å². The summed E-state index contributed by atoms with van der Waals surface area (Å²) >= 11 is 0. The molecular formula is C18H26N2O5. The van der Waals surface area contributed by atoms with Crippen molar-refractivity contribution in [3.8, 4) is 11.5 Å². The number of nitrogens with zero attached hydrogens (tertiary/aromatic N) is 2. The first-order valence-electron chi connectivity index (χ1n) is 8.45. The molecule has 1 fully saturated rings. The molecule has 0 bridgehead atoms. The maximum absolute atomic E-state index is 12.6. The molecule has 7 nitrogen and oxygen atoms in total. The fourth-order valence-electron chi connectivity index (χ4n) is 3.14. The molecule has 1 aliphatic heterocycles. The van der Waals surface area contributed by atoms with Crippen molar-refractivity contribution < 1.29 is 24.2 Å². The molecule has 1 aromatic rings. The Morgan fingerprint density at radius 3 is 2.60 bits per heavy atom. The molecule has 1 amide bonds. The summed E-state index contributed by atoms with van der Waals surface area (Å²) in [6, 6.07) is 5.01. The summed E-state index contributed by atoms with van der Waals surface area (Å²) in [5, 5.41) is 9.24. The Morgan fingerprint density at radius 2 is 2.00 bits per heavy atom. The first kappa shape index (κ1) is 19.1. The van der Waals surface area contributed by atoms with Crippen LogP contribution in [-0.4, -0.2) is 66.7 Å². The number of benzene rings is 1. The van der Waals surface area contributed by atoms with Gasteiger partial charge in [0.25, 0.3) is 0 Å². The molecule has 1 saturated heterocycles. The average Bonchev–Trinajstić information content (AvgIpc) is 3.07. The number of likely N-dealkylation sites (N-methyl/N-ethyl adjacent to an activating group) is 1. The highest BCUT2D eigenvalue weighted by Gasteiger charge is 2.32. The van der Waals surface area contributed by atoms with E-state index in [0.717, 1.165) is 12.0 Å². The van der Waals surface area contributed by atoms with Gasteiger partial charge in [-0.25, -0.2) is 0 Å². The van der Waals surface area contributed by atoms with Crippen molar-refractivity contribution in [1.82, 2.24) is 9.80 Å². The standard InChI is InChI=1S/C18H26N2O5/c1-4-19(11-13-7-8-15(24-2)16(10-13)25-3)17(21)12-20-9-5-6-14(20)18(22)23/h7-8,10,14H,4-6,9,11-12H2,1-3H3,(H,22,23)/t14-/m1/s1. The van der Waals surface area contributed by atoms with Gasteiger partial charge in [0.05, 0.1) is 20.8 Å². The quantitative estimate of drug-likeness (QED) is 0.767. The number of methoxy groups -OCH3 is 2. The number of ether oxygens (including phenoxy) is 2. The minimum absolute atomic E-state index is 0.0644. The Kier molecular flexibility index (Phi) is 6.64. The van der Waals surface area contributed by atoms with Gasteiger partial charge in [-0.15, -0.1) is 0 Å². The van der Waals surface area contributed by atoms with Crippen LogP contribution in [0.2, 0.25) is 0 Å². The van der Waals surface area contributed by atoms with Gasteiger partial charge in [-0.3, -0.25) is 14.5 Å². The second-order valence-electron chi connectivity index (χ2n) is 6.06. The molecule has 1 heterocycles. The average molecular weight is 350 g/mol. The van der Waals surface area contributed by atoms with E-state index in [0.29, 0.717) is 37.6 Å². The summed E-state index contributed by atoms with van der Waals surface area (Å²) in [7, 11) is 3.15. The number of hydrogen-bond donors (Lipinski definition) is 1. The summed E-state index contributed by atoms with van der Waals surface area (Å²) in [5.74, 6) is 0.342. The molecule has 0 saturated carbocycles. The third-order valence-electron chi connectivity index (χ3n) is 4.54. The topological polar surface area (TPSA) is 79.3 Å². The lowest BCUT2D eigenvalue weighted by atomic mass is 10.2. The Hall–Kier alpha value is -2.28. The zero-order valence-corrected chi connectivity index (χ0v) is 15.0. The Labute approximate surface area is 148 Å². The molecule has 0 aromatic heterocycles. The maximum atomic E-state index is 12.6. The van der Waals surface area contributed by atoms with Crippen LogP contribution < -0.4 is 9.47 Å². The molecule has 1 aromatic carbocycles. The highest BCUT2D eigenvalue weighted by atomic mass is 16.5. The van der Waals surface area contributed by atoms with E-state index in [4.69, 9.17) is 9.47 Å². The van der Waals surface area contributed by atoms with Crippen LogP contribution in [0.25, 0.3) is 0 Å². The number of hydrogen-bond acceptors (Lipinski definition) is 5. The molecule has 0 radical (unpaired) electrons. The van der Waals surface area contributed by atoms with Crippen LogP contribution in [0.3, 0.4) is 0 Å². The Morgan fingerprint density at radius 1 is 1.28 bits per heavy atom. The molecule has 138 valence electrons. The van der Waals surface area contributed by atoms with Crippen LogP contribution in [-0.2, 0) is 16.1 Å². The third-order valence-corrected chi connectivity index (χ3v) is 4.54. The number of carbonyl (C=O) groups excluding carboxylic acids is 1. The maximum Gasteiger partial charge on any atom is 0.320 e. The van der Waals surface area contributed by atoms with E-state index in [2.05, 4.69) is 0 Å². The monoisotopic (exact) mass is 350 g/mol. The van der Waals surface area contributed by atoms with Crippen molar-refractivity contribution in [3.05, 3.63) is 23.8 Å². The number of carboxylic acid groups (broad SMARTS) is 1. The molecule has 7 heteroatoms. The van der Waals surface area contributed by atoms with Crippen molar-refractivity contribution in [2.75, 3.05) is 33.9 Å². The number of likely N-dealkylation sites (tertiary alicyclic amines) is 1. The second-order valence-corrected chi connectivity index (χ2v) is 6.06. The number of carbonyl (C=O) groups is 2. The Balaban J connectivity index is 2.04. The van der Waals surface area contributed by atoms with E-state index in [9.17, 15) is 14.7 Å². The van der Waals surface area contributed by atoms with Crippen molar-refractivity contribution in [2.24, 2.45) is 0 Å². The smallest absolute Gasteiger partial charge is 0.320 e. The van der Waals surface area contributed by atoms with Gasteiger partial charge in [-0.1, -0.05) is 6.07 Å². The highest BCUT2D eigenvalue weighted by molar-refractivity contribution is 5.80. The van der Waals surface area contributed by atoms with Crippen LogP contribution in [0, 0.1) is 0 Å². The largest absolute Gasteiger partial charge is 0.493 e. The minimum atomic E-state index is -0.853. The van der Waals surface area contributed by atoms with Gasteiger partial charge in [0, 0.05) is 13.1 Å². The van der Waals surface area contributed by atoms with E-state index in [1.807, 2.05) is 25.1 Å². The van der Waals surface area contributed by atoms with Crippen LogP contribution in [0.1, 0.15) is 25.3 Å². The fraction of sp³-hybridized carbons (Fsp3) is 0.556. The lowest BCUT2D eigenvalue weighted by molar-refractivity contribution is -0.143. The summed E-state index contributed by atoms with van der Waals surface area (Å²) in [5.41, 5.74) is 0.934. The summed E-state index contributed by atoms with van der Waals surface area (Å²) < 4.78 is 10.5. The van der Waals surface area contributed by atoms with Gasteiger partial charge in [0.15, 0.2) is 11.5 Å². The lowest BCUT2D eigenvalue weighted by Crippen LogP contribution is -2.44. The number of aliphatic carboxylic acids is 1. The van der Waals surface area contributed by atoms with Gasteiger partial charge in [-0.2, -0.15) is 0 Å². The number of amides is 1. The zero-order chi connectivity index (χ0) is 18.4. The van der Waals surface area contributed by atoms with Crippen LogP contribution in [0.5, 0.6) is 11.5 Å². The molecule has 1 aliphatic rings. The van der Waals surface area contributed by atoms with Crippen molar-refractivity contribution >= 4 is 11.9 Å². The normalized spacial score (nSPS) is 17.3. The van der Waals surface area contributed by atoms with Gasteiger partial charge < -0.3 is 19.5 Å². The van der Waals surface area contributed by atoms with Crippen LogP contribution in [0.4, 0.5) is 0 Å². The van der Waals surface area contributed by atoms with Crippen molar-refractivity contribution in [2.45, 2.75) is 32.4 Å². The lowest BCUT2D eigenvalue weighted by Gasteiger charge is -2.26. The molecule has 2 rings (SSSR count). The van der Waals surface area contributed by atoms with Gasteiger partial charge in [0.1, 0.15) is 6.04 Å². The molecule has 0 spiro atoms. The minimum Gasteiger partial charge on any atom is -0.493 e. The van der Waals surface area contributed by atoms with E-state index in [1.54, 1.807) is 24.0 Å². The first-order valence-corrected chi connectivity index (χ1v) is 8.45. The molecule has 0 aliphatic carbocycles. The van der Waals surface area contributed by atoms with E-state index in [-0.39, 0.29) is 12.5 Å². The predicted octanol–water partition coefficient (Wildman–Crippen LogP) is 1.60. The molecule has 0 unspecified atom stereocenters. The SMILES string of the molecule is CCN(Cc1ccc(OC)c(OC)c1)C(=O)CN1CCC[C@@H]1C(=O)O. The highest BCUT2D eigenvalue weighted by Crippen LogP contribution is 2.28. The molecular weight excluding hydrogens is 324 g/mol. The van der Waals surface area contributed by atoms with E-state index < -0.39 is 12.0 Å². The molecule has 25 heavy (non-hydrogen) atoms. The van der Waals surface area contributed by atoms with Crippen molar-refractivity contribution in [1.29, 1.82) is 0 Å². The summed E-state index contributed by atoms with van der Waals surface area (Å²) in [6.07, 6.45) is 1.41. The molecule has 1 atom stereocenters. The van der Waals surface area contributed by atoms with Crippen molar-refractivity contribution in [3.63, 3.8) is 0 Å². The van der Waals surface area contributed by atoms with Gasteiger partial charge >= 0.3 is 5.97 Å². The predicted molar refractivity (Wildman–Crippen MR) is 92.9 cm³/mol. The van der Waals surface area contributed by atoms with Crippen LogP contribution >= 0.6 is 0 Å². The fourth-order valence-corrected chi connectivity index (χ4v) is 3.14. The summed E-state index contributed by atoms with van der Waals surface area (Å²) in [4.78, 5) is 27.4. The second kappa shape index (κ2) is 8.71. The number of carboxylic acids is 1.